The van der Waals surface area contributed by atoms with E-state index in [2.05, 4.69) is 30.3 Å². The molecule has 0 saturated carbocycles. The molecule has 160 valence electrons. The second kappa shape index (κ2) is 8.01. The molecule has 10 nitrogen and oxygen atoms in total. The molecule has 4 heterocycles. The number of nitroso groups, excluding NO2 is 1. The van der Waals surface area contributed by atoms with Crippen molar-refractivity contribution in [1.29, 1.82) is 0 Å². The Bertz CT molecular complexity index is 1490. The fraction of sp³-hybridized carbons (Fsp3) is 0.105. The summed E-state index contributed by atoms with van der Waals surface area (Å²) in [6.07, 6.45) is 1.47. The molecule has 0 aliphatic carbocycles. The Morgan fingerprint density at radius 1 is 1.19 bits per heavy atom. The average molecular weight is 470 g/mol. The van der Waals surface area contributed by atoms with Crippen molar-refractivity contribution in [3.8, 4) is 17.0 Å². The van der Waals surface area contributed by atoms with Crippen LogP contribution in [0.1, 0.15) is 27.7 Å². The summed E-state index contributed by atoms with van der Waals surface area (Å²) < 4.78 is 19.4. The van der Waals surface area contributed by atoms with Crippen LogP contribution in [-0.4, -0.2) is 30.3 Å². The Morgan fingerprint density at radius 2 is 2.03 bits per heavy atom. The third-order valence-corrected chi connectivity index (χ3v) is 6.48. The summed E-state index contributed by atoms with van der Waals surface area (Å²) in [6.45, 7) is 0. The first-order valence-corrected chi connectivity index (χ1v) is 10.7. The summed E-state index contributed by atoms with van der Waals surface area (Å²) >= 11 is 2.07. The maximum Gasteiger partial charge on any atom is 0.307 e. The first-order valence-electron chi connectivity index (χ1n) is 9.08. The predicted molar refractivity (Wildman–Crippen MR) is 114 cm³/mol. The van der Waals surface area contributed by atoms with Gasteiger partial charge in [0.15, 0.2) is 0 Å². The molecule has 32 heavy (non-hydrogen) atoms. The molecule has 13 heteroatoms. The Balaban J connectivity index is 1.43. The Morgan fingerprint density at radius 3 is 2.75 bits per heavy atom. The molecule has 0 aliphatic rings. The van der Waals surface area contributed by atoms with Crippen LogP contribution in [0, 0.1) is 10.9 Å². The van der Waals surface area contributed by atoms with Crippen LogP contribution >= 0.6 is 22.7 Å². The molecular formula is C19H11FN6O4S2. The molecule has 5 aromatic rings. The number of nitrogens with zero attached hydrogens (tertiary/aromatic N) is 5. The normalized spacial score (nSPS) is 12.3. The Hall–Kier alpha value is -3.84. The van der Waals surface area contributed by atoms with Crippen LogP contribution < -0.4 is 4.87 Å². The highest BCUT2D eigenvalue weighted by atomic mass is 32.1. The molecule has 1 unspecified atom stereocenters. The zero-order valence-corrected chi connectivity index (χ0v) is 17.5. The van der Waals surface area contributed by atoms with Crippen molar-refractivity contribution in [1.82, 2.24) is 25.1 Å². The highest BCUT2D eigenvalue weighted by Crippen LogP contribution is 2.34. The van der Waals surface area contributed by atoms with E-state index in [1.807, 2.05) is 12.1 Å². The fourth-order valence-corrected chi connectivity index (χ4v) is 4.78. The number of nitrogens with one attached hydrogen (secondary N) is 1. The lowest BCUT2D eigenvalue weighted by Gasteiger charge is -2.00. The van der Waals surface area contributed by atoms with Crippen molar-refractivity contribution >= 4 is 32.9 Å². The first-order chi connectivity index (χ1) is 15.5. The quantitative estimate of drug-likeness (QED) is 0.281. The van der Waals surface area contributed by atoms with Gasteiger partial charge in [-0.15, -0.1) is 26.4 Å². The molecule has 1 atom stereocenters. The van der Waals surface area contributed by atoms with Gasteiger partial charge < -0.3 is 9.52 Å². The summed E-state index contributed by atoms with van der Waals surface area (Å²) in [7, 11) is 0. The molecule has 5 rings (SSSR count). The molecule has 0 spiro atoms. The van der Waals surface area contributed by atoms with Gasteiger partial charge in [0.2, 0.25) is 23.8 Å². The van der Waals surface area contributed by atoms with Gasteiger partial charge in [-0.25, -0.2) is 9.97 Å². The van der Waals surface area contributed by atoms with Crippen molar-refractivity contribution in [2.75, 3.05) is 0 Å². The van der Waals surface area contributed by atoms with Crippen LogP contribution in [0.4, 0.5) is 4.39 Å². The topological polar surface area (TPSA) is 147 Å². The summed E-state index contributed by atoms with van der Waals surface area (Å²) in [4.78, 5) is 33.2. The number of pyridine rings is 1. The van der Waals surface area contributed by atoms with E-state index in [-0.39, 0.29) is 24.1 Å². The number of H-pyrrole nitrogens is 1. The van der Waals surface area contributed by atoms with E-state index < -0.39 is 16.9 Å². The number of hydrogen-bond donors (Lipinski definition) is 2. The Labute approximate surface area is 185 Å². The zero-order chi connectivity index (χ0) is 22.2. The number of benzene rings is 1. The van der Waals surface area contributed by atoms with Gasteiger partial charge in [0.1, 0.15) is 5.01 Å². The van der Waals surface area contributed by atoms with Crippen molar-refractivity contribution in [3.63, 3.8) is 0 Å². The summed E-state index contributed by atoms with van der Waals surface area (Å²) in [5.41, 5.74) is 2.21. The molecule has 0 saturated heterocycles. The molecule has 0 amide bonds. The molecule has 2 N–H and O–H groups in total. The van der Waals surface area contributed by atoms with Crippen LogP contribution in [0.15, 0.2) is 50.9 Å². The minimum atomic E-state index is -1.11. The fourth-order valence-electron chi connectivity index (χ4n) is 3.04. The maximum absolute atomic E-state index is 13.1. The number of fused-ring (bicyclic) bond motifs is 1. The number of rotatable bonds is 6. The SMILES string of the molecule is O=NC(c1nnc(Cc2sc(=O)[nH]c2O)o1)c1nc2ccc(-c3ccc(F)nc3)cc2s1. The van der Waals surface area contributed by atoms with E-state index in [9.17, 15) is 19.2 Å². The number of aromatic amines is 1. The third-order valence-electron chi connectivity index (χ3n) is 4.53. The van der Waals surface area contributed by atoms with Crippen molar-refractivity contribution in [2.45, 2.75) is 12.5 Å². The van der Waals surface area contributed by atoms with Gasteiger partial charge in [-0.1, -0.05) is 17.4 Å². The van der Waals surface area contributed by atoms with Crippen LogP contribution in [0.2, 0.25) is 0 Å². The van der Waals surface area contributed by atoms with Crippen molar-refractivity contribution in [3.05, 3.63) is 78.7 Å². The average Bonchev–Trinajstić information content (AvgIpc) is 3.48. The minimum Gasteiger partial charge on any atom is -0.494 e. The number of aromatic hydroxyl groups is 1. The second-order valence-electron chi connectivity index (χ2n) is 6.61. The highest BCUT2D eigenvalue weighted by molar-refractivity contribution is 7.18. The van der Waals surface area contributed by atoms with Gasteiger partial charge in [0.25, 0.3) is 5.89 Å². The number of hydrogen-bond acceptors (Lipinski definition) is 11. The van der Waals surface area contributed by atoms with E-state index in [1.54, 1.807) is 12.1 Å². The lowest BCUT2D eigenvalue weighted by atomic mass is 10.1. The van der Waals surface area contributed by atoms with E-state index >= 15 is 0 Å². The number of thiazole rings is 2. The van der Waals surface area contributed by atoms with E-state index in [4.69, 9.17) is 4.42 Å². The lowest BCUT2D eigenvalue weighted by Crippen LogP contribution is -1.96. The smallest absolute Gasteiger partial charge is 0.307 e. The van der Waals surface area contributed by atoms with Crippen LogP contribution in [-0.2, 0) is 6.42 Å². The summed E-state index contributed by atoms with van der Waals surface area (Å²) in [6, 6.07) is 7.27. The molecule has 0 bridgehead atoms. The first kappa shape index (κ1) is 20.1. The summed E-state index contributed by atoms with van der Waals surface area (Å²) in [5.74, 6) is -0.747. The van der Waals surface area contributed by atoms with Gasteiger partial charge in [0, 0.05) is 11.8 Å². The highest BCUT2D eigenvalue weighted by Gasteiger charge is 2.26. The summed E-state index contributed by atoms with van der Waals surface area (Å²) in [5, 5.41) is 20.9. The van der Waals surface area contributed by atoms with Gasteiger partial charge in [-0.05, 0) is 35.0 Å². The molecule has 4 aromatic heterocycles. The van der Waals surface area contributed by atoms with E-state index in [1.165, 1.54) is 23.6 Å². The number of aromatic nitrogens is 5. The molecule has 0 aliphatic heterocycles. The predicted octanol–water partition coefficient (Wildman–Crippen LogP) is 3.78. The Kier molecular flexibility index (Phi) is 5.03. The minimum absolute atomic E-state index is 0.0305. The lowest BCUT2D eigenvalue weighted by molar-refractivity contribution is 0.430. The van der Waals surface area contributed by atoms with Crippen molar-refractivity contribution < 1.29 is 13.9 Å². The molecule has 1 aromatic carbocycles. The van der Waals surface area contributed by atoms with E-state index in [0.717, 1.165) is 27.2 Å². The van der Waals surface area contributed by atoms with Crippen LogP contribution in [0.3, 0.4) is 0 Å². The monoisotopic (exact) mass is 470 g/mol. The van der Waals surface area contributed by atoms with Crippen LogP contribution in [0.25, 0.3) is 21.3 Å². The molecular weight excluding hydrogens is 459 g/mol. The van der Waals surface area contributed by atoms with Gasteiger partial charge >= 0.3 is 4.87 Å². The molecule has 0 fully saturated rings. The van der Waals surface area contributed by atoms with Gasteiger partial charge in [-0.2, -0.15) is 4.39 Å². The zero-order valence-electron chi connectivity index (χ0n) is 15.9. The third kappa shape index (κ3) is 3.78. The van der Waals surface area contributed by atoms with Crippen LogP contribution in [0.5, 0.6) is 5.88 Å². The molecule has 0 radical (unpaired) electrons. The number of halogens is 1. The standard InChI is InChI=1S/C19H11FN6O4S2/c20-13-4-2-9(7-21-13)8-1-3-10-11(5-8)31-18(22-10)15(26-29)17-25-24-14(30-17)6-12-16(27)23-19(28)32-12/h1-5,7,15,27H,6H2,(H,23,28). The second-order valence-corrected chi connectivity index (χ2v) is 8.74. The maximum atomic E-state index is 13.1. The largest absolute Gasteiger partial charge is 0.494 e. The van der Waals surface area contributed by atoms with E-state index in [0.29, 0.717) is 15.4 Å². The van der Waals surface area contributed by atoms with Gasteiger partial charge in [0.05, 0.1) is 21.5 Å². The van der Waals surface area contributed by atoms with Gasteiger partial charge in [-0.3, -0.25) is 9.78 Å². The van der Waals surface area contributed by atoms with Crippen molar-refractivity contribution in [2.24, 2.45) is 5.18 Å².